The number of hydrogen-bond acceptors (Lipinski definition) is 4. The highest BCUT2D eigenvalue weighted by Crippen LogP contribution is 2.23. The molecule has 0 radical (unpaired) electrons. The average Bonchev–Trinajstić information content (AvgIpc) is 2.99. The number of nitrogens with zero attached hydrogens (tertiary/aromatic N) is 2. The molecule has 0 aromatic heterocycles. The highest BCUT2D eigenvalue weighted by molar-refractivity contribution is 4.86. The zero-order chi connectivity index (χ0) is 12.4. The Balaban J connectivity index is 1.51. The van der Waals surface area contributed by atoms with E-state index in [1.54, 1.807) is 0 Å². The molecule has 0 bridgehead atoms. The van der Waals surface area contributed by atoms with Crippen LogP contribution < -0.4 is 0 Å². The molecule has 104 valence electrons. The third-order valence-electron chi connectivity index (χ3n) is 4.84. The number of aliphatic hydroxyl groups excluding tert-OH is 1. The van der Waals surface area contributed by atoms with E-state index in [1.807, 2.05) is 0 Å². The monoisotopic (exact) mass is 254 g/mol. The van der Waals surface area contributed by atoms with E-state index in [0.29, 0.717) is 5.92 Å². The van der Waals surface area contributed by atoms with E-state index in [-0.39, 0.29) is 6.10 Å². The van der Waals surface area contributed by atoms with Gasteiger partial charge in [0.2, 0.25) is 0 Å². The zero-order valence-corrected chi connectivity index (χ0v) is 11.3. The van der Waals surface area contributed by atoms with Crippen molar-refractivity contribution in [1.29, 1.82) is 0 Å². The molecule has 0 saturated carbocycles. The maximum absolute atomic E-state index is 10.3. The summed E-state index contributed by atoms with van der Waals surface area (Å²) in [5, 5.41) is 10.3. The Hall–Kier alpha value is -0.160. The highest BCUT2D eigenvalue weighted by atomic mass is 16.5. The summed E-state index contributed by atoms with van der Waals surface area (Å²) >= 11 is 0. The van der Waals surface area contributed by atoms with Crippen molar-refractivity contribution < 1.29 is 9.84 Å². The van der Waals surface area contributed by atoms with Gasteiger partial charge < -0.3 is 9.84 Å². The van der Waals surface area contributed by atoms with Crippen LogP contribution in [0.3, 0.4) is 0 Å². The van der Waals surface area contributed by atoms with E-state index in [0.717, 1.165) is 45.3 Å². The van der Waals surface area contributed by atoms with Gasteiger partial charge in [-0.1, -0.05) is 0 Å². The lowest BCUT2D eigenvalue weighted by molar-refractivity contribution is 0.0538. The van der Waals surface area contributed by atoms with Crippen LogP contribution in [0.2, 0.25) is 0 Å². The molecule has 0 aromatic rings. The van der Waals surface area contributed by atoms with E-state index >= 15 is 0 Å². The van der Waals surface area contributed by atoms with Crippen molar-refractivity contribution in [2.45, 2.75) is 37.8 Å². The van der Waals surface area contributed by atoms with Crippen molar-refractivity contribution in [3.05, 3.63) is 0 Å². The van der Waals surface area contributed by atoms with E-state index in [2.05, 4.69) is 9.80 Å². The van der Waals surface area contributed by atoms with Gasteiger partial charge in [0, 0.05) is 31.7 Å². The van der Waals surface area contributed by atoms with Gasteiger partial charge in [-0.3, -0.25) is 9.80 Å². The van der Waals surface area contributed by atoms with Gasteiger partial charge in [0.25, 0.3) is 0 Å². The summed E-state index contributed by atoms with van der Waals surface area (Å²) in [4.78, 5) is 5.13. The van der Waals surface area contributed by atoms with Crippen molar-refractivity contribution in [3.8, 4) is 0 Å². The Morgan fingerprint density at radius 3 is 2.89 bits per heavy atom. The third kappa shape index (κ3) is 2.87. The molecule has 4 heteroatoms. The fourth-order valence-electron chi connectivity index (χ4n) is 3.72. The van der Waals surface area contributed by atoms with Gasteiger partial charge in [0.1, 0.15) is 0 Å². The maximum atomic E-state index is 10.3. The maximum Gasteiger partial charge on any atom is 0.0718 e. The molecule has 4 nitrogen and oxygen atoms in total. The molecule has 3 fully saturated rings. The molecule has 3 unspecified atom stereocenters. The Kier molecular flexibility index (Phi) is 4.19. The molecule has 0 aromatic carbocycles. The van der Waals surface area contributed by atoms with Gasteiger partial charge >= 0.3 is 0 Å². The van der Waals surface area contributed by atoms with Crippen molar-refractivity contribution in [2.75, 3.05) is 45.9 Å². The van der Waals surface area contributed by atoms with Crippen LogP contribution in [0.25, 0.3) is 0 Å². The second-order valence-corrected chi connectivity index (χ2v) is 6.14. The summed E-state index contributed by atoms with van der Waals surface area (Å²) in [6, 6.07) is 0.750. The lowest BCUT2D eigenvalue weighted by atomic mass is 10.0. The average molecular weight is 254 g/mol. The van der Waals surface area contributed by atoms with Crippen LogP contribution in [0.15, 0.2) is 0 Å². The standard InChI is InChI=1S/C14H26N2O2/c17-14(12-4-8-18-11-12)10-15-5-2-7-16-6-1-3-13(16)9-15/h12-14,17H,1-11H2. The topological polar surface area (TPSA) is 35.9 Å². The molecule has 0 spiro atoms. The second-order valence-electron chi connectivity index (χ2n) is 6.14. The molecule has 3 rings (SSSR count). The van der Waals surface area contributed by atoms with Crippen LogP contribution in [0.4, 0.5) is 0 Å². The smallest absolute Gasteiger partial charge is 0.0718 e. The summed E-state index contributed by atoms with van der Waals surface area (Å²) < 4.78 is 5.37. The van der Waals surface area contributed by atoms with Crippen molar-refractivity contribution >= 4 is 0 Å². The fraction of sp³-hybridized carbons (Fsp3) is 1.00. The van der Waals surface area contributed by atoms with Crippen molar-refractivity contribution in [3.63, 3.8) is 0 Å². The summed E-state index contributed by atoms with van der Waals surface area (Å²) in [7, 11) is 0. The Morgan fingerprint density at radius 1 is 1.17 bits per heavy atom. The minimum Gasteiger partial charge on any atom is -0.391 e. The molecule has 3 atom stereocenters. The van der Waals surface area contributed by atoms with Gasteiger partial charge in [-0.2, -0.15) is 0 Å². The van der Waals surface area contributed by atoms with E-state index in [9.17, 15) is 5.11 Å². The third-order valence-corrected chi connectivity index (χ3v) is 4.84. The van der Waals surface area contributed by atoms with Gasteiger partial charge in [-0.05, 0) is 45.3 Å². The van der Waals surface area contributed by atoms with Gasteiger partial charge in [-0.25, -0.2) is 0 Å². The predicted molar refractivity (Wildman–Crippen MR) is 70.6 cm³/mol. The lowest BCUT2D eigenvalue weighted by Gasteiger charge is -2.28. The summed E-state index contributed by atoms with van der Waals surface area (Å²) in [5.74, 6) is 0.368. The summed E-state index contributed by atoms with van der Waals surface area (Å²) in [6.45, 7) is 7.28. The van der Waals surface area contributed by atoms with Crippen LogP contribution in [-0.4, -0.2) is 73.0 Å². The predicted octanol–water partition coefficient (Wildman–Crippen LogP) is 0.554. The fourth-order valence-corrected chi connectivity index (χ4v) is 3.72. The summed E-state index contributed by atoms with van der Waals surface area (Å²) in [5.41, 5.74) is 0. The SMILES string of the molecule is OC(CN1CCCN2CCCC2C1)C1CCOC1. The van der Waals surface area contributed by atoms with Crippen LogP contribution in [0.1, 0.15) is 25.7 Å². The first-order chi connectivity index (χ1) is 8.83. The van der Waals surface area contributed by atoms with Gasteiger partial charge in [0.05, 0.1) is 12.7 Å². The molecule has 18 heavy (non-hydrogen) atoms. The van der Waals surface area contributed by atoms with E-state index in [4.69, 9.17) is 4.74 Å². The van der Waals surface area contributed by atoms with Crippen molar-refractivity contribution in [2.24, 2.45) is 5.92 Å². The van der Waals surface area contributed by atoms with Gasteiger partial charge in [0.15, 0.2) is 0 Å². The molecule has 3 aliphatic rings. The number of aliphatic hydroxyl groups is 1. The van der Waals surface area contributed by atoms with Crippen LogP contribution in [0, 0.1) is 5.92 Å². The normalized spacial score (nSPS) is 36.5. The van der Waals surface area contributed by atoms with E-state index < -0.39 is 0 Å². The number of fused-ring (bicyclic) bond motifs is 1. The minimum atomic E-state index is -0.194. The molecule has 3 saturated heterocycles. The zero-order valence-electron chi connectivity index (χ0n) is 11.3. The van der Waals surface area contributed by atoms with Crippen molar-refractivity contribution in [1.82, 2.24) is 9.80 Å². The van der Waals surface area contributed by atoms with Crippen LogP contribution >= 0.6 is 0 Å². The molecule has 0 amide bonds. The lowest BCUT2D eigenvalue weighted by Crippen LogP contribution is -2.41. The number of hydrogen-bond donors (Lipinski definition) is 1. The Bertz CT molecular complexity index is 269. The first kappa shape index (κ1) is 12.9. The van der Waals surface area contributed by atoms with Crippen LogP contribution in [0.5, 0.6) is 0 Å². The first-order valence-corrected chi connectivity index (χ1v) is 7.55. The Morgan fingerprint density at radius 2 is 2.06 bits per heavy atom. The number of ether oxygens (including phenoxy) is 1. The number of rotatable bonds is 3. The van der Waals surface area contributed by atoms with Gasteiger partial charge in [-0.15, -0.1) is 0 Å². The molecule has 3 heterocycles. The summed E-state index contributed by atoms with van der Waals surface area (Å²) in [6.07, 6.45) is 4.80. The quantitative estimate of drug-likeness (QED) is 0.798. The molecule has 0 aliphatic carbocycles. The molecule has 3 aliphatic heterocycles. The van der Waals surface area contributed by atoms with Crippen LogP contribution in [-0.2, 0) is 4.74 Å². The van der Waals surface area contributed by atoms with E-state index in [1.165, 1.54) is 32.4 Å². The second kappa shape index (κ2) is 5.87. The number of β-amino-alcohol motifs (C(OH)–C–C–N with tert-alkyl or cyclic N) is 1. The molecular formula is C14H26N2O2. The minimum absolute atomic E-state index is 0.194. The molecule has 1 N–H and O–H groups in total. The molecular weight excluding hydrogens is 228 g/mol. The largest absolute Gasteiger partial charge is 0.391 e. The highest BCUT2D eigenvalue weighted by Gasteiger charge is 2.31. The Labute approximate surface area is 110 Å². The first-order valence-electron chi connectivity index (χ1n) is 7.55.